The van der Waals surface area contributed by atoms with Crippen LogP contribution in [0.1, 0.15) is 133 Å². The maximum atomic E-state index is 14.4. The Morgan fingerprint density at radius 1 is 0.697 bits per heavy atom. The summed E-state index contributed by atoms with van der Waals surface area (Å²) in [5.74, 6) is -9.69. The lowest BCUT2D eigenvalue weighted by molar-refractivity contribution is -0.146. The van der Waals surface area contributed by atoms with Crippen LogP contribution >= 0.6 is 0 Å². The topological polar surface area (TPSA) is 387 Å². The van der Waals surface area contributed by atoms with Gasteiger partial charge in [-0.15, -0.1) is 0 Å². The first-order valence-corrected chi connectivity index (χ1v) is 26.4. The highest BCUT2D eigenvalue weighted by atomic mass is 16.4. The molecule has 432 valence electrons. The first-order chi connectivity index (χ1) is 35.5. The first kappa shape index (κ1) is 67.4. The minimum atomic E-state index is -1.64. The fourth-order valence-corrected chi connectivity index (χ4v) is 8.28. The first-order valence-electron chi connectivity index (χ1n) is 26.4. The number of aliphatic imine (C=N–C) groups is 1. The second kappa shape index (κ2) is 33.4. The third kappa shape index (κ3) is 22.3. The summed E-state index contributed by atoms with van der Waals surface area (Å²) >= 11 is 0. The lowest BCUT2D eigenvalue weighted by atomic mass is 9.95. The van der Waals surface area contributed by atoms with Crippen LogP contribution in [0.4, 0.5) is 0 Å². The van der Waals surface area contributed by atoms with E-state index in [2.05, 4.69) is 42.2 Å². The Morgan fingerprint density at radius 3 is 1.76 bits per heavy atom. The van der Waals surface area contributed by atoms with Gasteiger partial charge in [-0.1, -0.05) is 67.7 Å². The third-order valence-corrected chi connectivity index (χ3v) is 13.2. The summed E-state index contributed by atoms with van der Waals surface area (Å²) in [4.78, 5) is 154. The molecule has 1 heterocycles. The number of aliphatic carboxylic acids is 1. The number of carboxylic acid groups (broad SMARTS) is 1. The molecule has 0 aliphatic carbocycles. The van der Waals surface area contributed by atoms with E-state index in [1.807, 2.05) is 20.8 Å². The predicted octanol–water partition coefficient (Wildman–Crippen LogP) is -1.82. The molecule has 1 rings (SSSR count). The zero-order valence-electron chi connectivity index (χ0n) is 46.7. The zero-order valence-corrected chi connectivity index (χ0v) is 46.7. The van der Waals surface area contributed by atoms with Crippen LogP contribution in [0.25, 0.3) is 0 Å². The molecule has 0 aromatic carbocycles. The Balaban J connectivity index is 3.34. The standard InChI is InChI=1S/C50H89N13O13/c1-13-18-33(43(70)58-40(29(8)14-2)46(73)56-32(19-16-23-53-50(51)52)48(75)63-24-17-20-34(63)44(71)55-28(6)7)62(12)49(76)42(31(10)64)60-47(74)41(30(9)15-3)59-45(72)39(27(4)5)57-35(65)25-54-36(66)26-61(11)37(67)21-22-38(68)69/h27-34,39-42,64H,13-26H2,1-12H3,(H,54,66)(H,55,71)(H,56,73)(H,57,65)(H,58,70)(H,59,72)(H,60,74)(H,68,69)(H4,51,52,53)/t29-,30-,31+,32-,33-,34-,39-,40-,41+,42-/m0/s1. The molecule has 10 amide bonds. The van der Waals surface area contributed by atoms with E-state index in [1.54, 1.807) is 41.5 Å². The lowest BCUT2D eigenvalue weighted by Crippen LogP contribution is -2.63. The maximum absolute atomic E-state index is 14.4. The van der Waals surface area contributed by atoms with E-state index in [9.17, 15) is 57.8 Å². The quantitative estimate of drug-likeness (QED) is 0.0196. The third-order valence-electron chi connectivity index (χ3n) is 13.2. The average molecular weight is 1080 g/mol. The van der Waals surface area contributed by atoms with Gasteiger partial charge >= 0.3 is 5.97 Å². The zero-order chi connectivity index (χ0) is 58.1. The highest BCUT2D eigenvalue weighted by Crippen LogP contribution is 2.21. The molecule has 1 aliphatic rings. The number of hydrogen-bond acceptors (Lipinski definition) is 13. The van der Waals surface area contributed by atoms with Crippen LogP contribution < -0.4 is 48.7 Å². The number of amides is 10. The molecule has 1 aliphatic heterocycles. The maximum Gasteiger partial charge on any atom is 0.303 e. The molecule has 0 unspecified atom stereocenters. The second-order valence-electron chi connectivity index (χ2n) is 20.3. The number of carbonyl (C=O) groups is 11. The van der Waals surface area contributed by atoms with Gasteiger partial charge < -0.3 is 73.6 Å². The van der Waals surface area contributed by atoms with Crippen molar-refractivity contribution < 1.29 is 63.0 Å². The molecule has 1 fully saturated rings. The molecule has 10 atom stereocenters. The average Bonchev–Trinajstić information content (AvgIpc) is 3.85. The predicted molar refractivity (Wildman–Crippen MR) is 282 cm³/mol. The summed E-state index contributed by atoms with van der Waals surface area (Å²) in [5, 5.41) is 38.4. The van der Waals surface area contributed by atoms with E-state index in [1.165, 1.54) is 25.9 Å². The summed E-state index contributed by atoms with van der Waals surface area (Å²) in [7, 11) is 2.62. The van der Waals surface area contributed by atoms with Crippen LogP contribution in [-0.2, 0) is 52.7 Å². The highest BCUT2D eigenvalue weighted by molar-refractivity contribution is 5.98. The molecular weight excluding hydrogens is 991 g/mol. The van der Waals surface area contributed by atoms with Gasteiger partial charge in [-0.05, 0) is 70.6 Å². The van der Waals surface area contributed by atoms with Crippen molar-refractivity contribution in [2.24, 2.45) is 34.2 Å². The Labute approximate surface area is 447 Å². The van der Waals surface area contributed by atoms with Crippen molar-refractivity contribution in [2.75, 3.05) is 40.3 Å². The number of likely N-dealkylation sites (tertiary alicyclic amines) is 1. The monoisotopic (exact) mass is 1080 g/mol. The highest BCUT2D eigenvalue weighted by Gasteiger charge is 2.41. The smallest absolute Gasteiger partial charge is 0.303 e. The number of hydrogen-bond donors (Lipinski definition) is 11. The largest absolute Gasteiger partial charge is 0.481 e. The summed E-state index contributed by atoms with van der Waals surface area (Å²) in [6, 6.07) is -8.64. The number of nitrogens with zero attached hydrogens (tertiary/aromatic N) is 4. The van der Waals surface area contributed by atoms with Gasteiger partial charge in [0.15, 0.2) is 5.96 Å². The Hall–Kier alpha value is -6.60. The second-order valence-corrected chi connectivity index (χ2v) is 20.3. The SMILES string of the molecule is CCC[C@@H](C(=O)N[C@H](C(=O)N[C@@H](CCCN=C(N)N)C(=O)N1CCC[C@H]1C(=O)NC(C)C)[C@@H](C)CC)N(C)C(=O)[C@@H](NC(=O)[C@H](NC(=O)[C@@H](NC(=O)CNC(=O)CN(C)C(=O)CCC(=O)O)C(C)C)[C@@H](C)CC)[C@@H](C)O. The van der Waals surface area contributed by atoms with Crippen LogP contribution in [0.2, 0.25) is 0 Å². The van der Waals surface area contributed by atoms with Gasteiger partial charge in [0.1, 0.15) is 42.3 Å². The molecule has 0 aromatic heterocycles. The van der Waals surface area contributed by atoms with Crippen LogP contribution in [0.5, 0.6) is 0 Å². The lowest BCUT2D eigenvalue weighted by Gasteiger charge is -2.35. The van der Waals surface area contributed by atoms with Crippen LogP contribution in [0.15, 0.2) is 4.99 Å². The number of aliphatic hydroxyl groups excluding tert-OH is 1. The van der Waals surface area contributed by atoms with Crippen molar-refractivity contribution >= 4 is 71.0 Å². The number of guanidine groups is 1. The Bertz CT molecular complexity index is 2030. The van der Waals surface area contributed by atoms with Crippen molar-refractivity contribution in [3.63, 3.8) is 0 Å². The number of rotatable bonds is 33. The van der Waals surface area contributed by atoms with Crippen LogP contribution in [-0.4, -0.2) is 191 Å². The van der Waals surface area contributed by atoms with Crippen LogP contribution in [0, 0.1) is 17.8 Å². The van der Waals surface area contributed by atoms with Crippen molar-refractivity contribution in [3.05, 3.63) is 0 Å². The van der Waals surface area contributed by atoms with Crippen molar-refractivity contribution in [1.82, 2.24) is 51.9 Å². The number of carbonyl (C=O) groups excluding carboxylic acids is 10. The van der Waals surface area contributed by atoms with Gasteiger partial charge in [0, 0.05) is 39.6 Å². The Morgan fingerprint density at radius 2 is 1.25 bits per heavy atom. The number of nitrogens with two attached hydrogens (primary N) is 2. The number of likely N-dealkylation sites (N-methyl/N-ethyl adjacent to an activating group) is 2. The Kier molecular flexibility index (Phi) is 29.7. The summed E-state index contributed by atoms with van der Waals surface area (Å²) in [6.07, 6.45) is 0.360. The molecule has 13 N–H and O–H groups in total. The molecule has 76 heavy (non-hydrogen) atoms. The molecule has 1 saturated heterocycles. The van der Waals surface area contributed by atoms with E-state index in [-0.39, 0.29) is 56.7 Å². The molecule has 0 spiro atoms. The van der Waals surface area contributed by atoms with Gasteiger partial charge in [0.05, 0.1) is 25.6 Å². The molecular formula is C50H89N13O13. The van der Waals surface area contributed by atoms with E-state index in [4.69, 9.17) is 16.6 Å². The molecule has 0 radical (unpaired) electrons. The minimum absolute atomic E-state index is 0.0902. The van der Waals surface area contributed by atoms with Gasteiger partial charge in [0.25, 0.3) is 0 Å². The molecule has 26 heteroatoms. The minimum Gasteiger partial charge on any atom is -0.481 e. The van der Waals surface area contributed by atoms with Gasteiger partial charge in [-0.25, -0.2) is 0 Å². The van der Waals surface area contributed by atoms with Crippen molar-refractivity contribution in [3.8, 4) is 0 Å². The van der Waals surface area contributed by atoms with Crippen molar-refractivity contribution in [1.29, 1.82) is 0 Å². The van der Waals surface area contributed by atoms with Gasteiger partial charge in [-0.2, -0.15) is 0 Å². The summed E-state index contributed by atoms with van der Waals surface area (Å²) < 4.78 is 0. The van der Waals surface area contributed by atoms with E-state index in [0.29, 0.717) is 32.1 Å². The normalized spacial score (nSPS) is 16.7. The number of nitrogens with one attached hydrogen (secondary N) is 7. The van der Waals surface area contributed by atoms with E-state index >= 15 is 0 Å². The summed E-state index contributed by atoms with van der Waals surface area (Å²) in [6.45, 7) is 16.3. The summed E-state index contributed by atoms with van der Waals surface area (Å²) in [5.41, 5.74) is 11.0. The van der Waals surface area contributed by atoms with Crippen molar-refractivity contribution in [2.45, 2.75) is 188 Å². The molecule has 0 bridgehead atoms. The number of aliphatic hydroxyl groups is 1. The van der Waals surface area contributed by atoms with Gasteiger partial charge in [0.2, 0.25) is 59.1 Å². The van der Waals surface area contributed by atoms with Gasteiger partial charge in [-0.3, -0.25) is 57.7 Å². The fourth-order valence-electron chi connectivity index (χ4n) is 8.28. The molecule has 26 nitrogen and oxygen atoms in total. The van der Waals surface area contributed by atoms with E-state index in [0.717, 1.165) is 9.80 Å². The fraction of sp³-hybridized carbons (Fsp3) is 0.760. The number of carboxylic acids is 1. The molecule has 0 saturated carbocycles. The van der Waals surface area contributed by atoms with E-state index < -0.39 is 145 Å². The molecule has 0 aromatic rings. The van der Waals surface area contributed by atoms with Crippen LogP contribution in [0.3, 0.4) is 0 Å².